The molecular formula is C24H29N5O2. The molecule has 3 aromatic rings. The Labute approximate surface area is 181 Å². The van der Waals surface area contributed by atoms with E-state index in [9.17, 15) is 9.59 Å². The molecule has 0 radical (unpaired) electrons. The summed E-state index contributed by atoms with van der Waals surface area (Å²) in [6.45, 7) is 3.65. The number of likely N-dealkylation sites (tertiary alicyclic amines) is 1. The molecular weight excluding hydrogens is 390 g/mol. The lowest BCUT2D eigenvalue weighted by molar-refractivity contribution is -0.134. The number of hydrogen-bond acceptors (Lipinski definition) is 3. The topological polar surface area (TPSA) is 85.1 Å². The number of aromatic nitrogens is 3. The Hall–Kier alpha value is -3.09. The maximum Gasteiger partial charge on any atom is 0.253 e. The minimum absolute atomic E-state index is 0.00169. The number of amides is 2. The van der Waals surface area contributed by atoms with Crippen LogP contribution in [0.5, 0.6) is 0 Å². The molecule has 2 amide bonds. The van der Waals surface area contributed by atoms with Gasteiger partial charge >= 0.3 is 0 Å². The molecule has 162 valence electrons. The van der Waals surface area contributed by atoms with Gasteiger partial charge in [-0.2, -0.15) is 5.10 Å². The van der Waals surface area contributed by atoms with E-state index in [-0.39, 0.29) is 17.7 Å². The number of fused-ring (bicyclic) bond motifs is 2. The van der Waals surface area contributed by atoms with E-state index >= 15 is 0 Å². The number of carbonyl (C=O) groups excluding carboxylic acids is 2. The minimum atomic E-state index is -0.151. The number of nitrogens with one attached hydrogen (secondary N) is 2. The first-order valence-corrected chi connectivity index (χ1v) is 11.2. The molecule has 1 fully saturated rings. The molecule has 1 atom stereocenters. The number of nitrogens with zero attached hydrogens (tertiary/aromatic N) is 3. The third-order valence-electron chi connectivity index (χ3n) is 6.87. The fraction of sp³-hybridized carbons (Fsp3) is 0.458. The van der Waals surface area contributed by atoms with Crippen molar-refractivity contribution >= 4 is 22.7 Å². The van der Waals surface area contributed by atoms with Crippen LogP contribution in [-0.4, -0.2) is 56.9 Å². The molecule has 0 saturated carbocycles. The van der Waals surface area contributed by atoms with Crippen molar-refractivity contribution in [2.45, 2.75) is 45.6 Å². The van der Waals surface area contributed by atoms with E-state index in [1.54, 1.807) is 4.90 Å². The second-order valence-electron chi connectivity index (χ2n) is 9.00. The molecule has 1 aliphatic heterocycles. The van der Waals surface area contributed by atoms with Crippen LogP contribution >= 0.6 is 0 Å². The Morgan fingerprint density at radius 2 is 2.10 bits per heavy atom. The number of carbonyl (C=O) groups is 2. The summed E-state index contributed by atoms with van der Waals surface area (Å²) >= 11 is 0. The molecule has 7 heteroatoms. The van der Waals surface area contributed by atoms with Crippen LogP contribution in [-0.2, 0) is 24.2 Å². The van der Waals surface area contributed by atoms with Crippen molar-refractivity contribution in [2.24, 2.45) is 5.92 Å². The van der Waals surface area contributed by atoms with Gasteiger partial charge in [-0.25, -0.2) is 0 Å². The molecule has 1 saturated heterocycles. The first-order valence-electron chi connectivity index (χ1n) is 11.2. The van der Waals surface area contributed by atoms with Gasteiger partial charge in [0.25, 0.3) is 5.91 Å². The summed E-state index contributed by atoms with van der Waals surface area (Å²) < 4.78 is 0. The van der Waals surface area contributed by atoms with Gasteiger partial charge in [0.2, 0.25) is 5.91 Å². The van der Waals surface area contributed by atoms with Gasteiger partial charge in [0, 0.05) is 48.5 Å². The quantitative estimate of drug-likeness (QED) is 0.681. The van der Waals surface area contributed by atoms with Crippen molar-refractivity contribution in [3.05, 3.63) is 52.5 Å². The van der Waals surface area contributed by atoms with Crippen LogP contribution in [0.15, 0.2) is 24.4 Å². The lowest BCUT2D eigenvalue weighted by atomic mass is 9.96. The van der Waals surface area contributed by atoms with Gasteiger partial charge in [-0.3, -0.25) is 14.7 Å². The molecule has 1 aromatic carbocycles. The first kappa shape index (κ1) is 19.8. The molecule has 2 aromatic heterocycles. The number of benzene rings is 1. The van der Waals surface area contributed by atoms with E-state index in [1.165, 1.54) is 24.1 Å². The number of rotatable bonds is 4. The molecule has 1 aliphatic carbocycles. The Bertz CT molecular complexity index is 1140. The van der Waals surface area contributed by atoms with Crippen LogP contribution in [0.25, 0.3) is 10.9 Å². The Kier molecular flexibility index (Phi) is 5.04. The monoisotopic (exact) mass is 419 g/mol. The van der Waals surface area contributed by atoms with E-state index in [4.69, 9.17) is 0 Å². The predicted octanol–water partition coefficient (Wildman–Crippen LogP) is 3.20. The van der Waals surface area contributed by atoms with Crippen LogP contribution in [0.2, 0.25) is 0 Å². The standard InChI is InChI=1S/C24H29N5O2/c1-15-12-25-20-8-7-16(11-19(15)20)24(31)29-10-9-17(13-29)23(30)28(2)14-22-18-5-3-4-6-21(18)26-27-22/h7-8,11-12,17,25H,3-6,9-10,13-14H2,1-2H3,(H,26,27). The van der Waals surface area contributed by atoms with Crippen molar-refractivity contribution < 1.29 is 9.59 Å². The summed E-state index contributed by atoms with van der Waals surface area (Å²) in [7, 11) is 1.85. The van der Waals surface area contributed by atoms with Gasteiger partial charge in [0.15, 0.2) is 0 Å². The lowest BCUT2D eigenvalue weighted by Gasteiger charge is -2.22. The molecule has 2 aliphatic rings. The Morgan fingerprint density at radius 1 is 1.26 bits per heavy atom. The molecule has 1 unspecified atom stereocenters. The van der Waals surface area contributed by atoms with Gasteiger partial charge in [-0.05, 0) is 68.4 Å². The summed E-state index contributed by atoms with van der Waals surface area (Å²) in [5.74, 6) is -0.0527. The van der Waals surface area contributed by atoms with Crippen molar-refractivity contribution in [1.29, 1.82) is 0 Å². The smallest absolute Gasteiger partial charge is 0.253 e. The van der Waals surface area contributed by atoms with Gasteiger partial charge in [0.1, 0.15) is 0 Å². The fourth-order valence-electron chi connectivity index (χ4n) is 5.02. The second-order valence-corrected chi connectivity index (χ2v) is 9.00. The second kappa shape index (κ2) is 7.87. The number of H-pyrrole nitrogens is 2. The van der Waals surface area contributed by atoms with Gasteiger partial charge in [-0.1, -0.05) is 0 Å². The zero-order valence-corrected chi connectivity index (χ0v) is 18.2. The largest absolute Gasteiger partial charge is 0.361 e. The molecule has 3 heterocycles. The van der Waals surface area contributed by atoms with E-state index in [0.717, 1.165) is 35.0 Å². The highest BCUT2D eigenvalue weighted by molar-refractivity contribution is 5.99. The number of hydrogen-bond donors (Lipinski definition) is 2. The zero-order chi connectivity index (χ0) is 21.5. The molecule has 0 bridgehead atoms. The Morgan fingerprint density at radius 3 is 2.97 bits per heavy atom. The van der Waals surface area contributed by atoms with Crippen LogP contribution in [0, 0.1) is 12.8 Å². The van der Waals surface area contributed by atoms with Crippen molar-refractivity contribution in [3.63, 3.8) is 0 Å². The van der Waals surface area contributed by atoms with Crippen LogP contribution < -0.4 is 0 Å². The van der Waals surface area contributed by atoms with Crippen LogP contribution in [0.4, 0.5) is 0 Å². The van der Waals surface area contributed by atoms with Crippen molar-refractivity contribution in [3.8, 4) is 0 Å². The van der Waals surface area contributed by atoms with Crippen molar-refractivity contribution in [2.75, 3.05) is 20.1 Å². The highest BCUT2D eigenvalue weighted by Crippen LogP contribution is 2.26. The molecule has 5 rings (SSSR count). The average molecular weight is 420 g/mol. The van der Waals surface area contributed by atoms with Gasteiger partial charge in [-0.15, -0.1) is 0 Å². The summed E-state index contributed by atoms with van der Waals surface area (Å²) in [6, 6.07) is 5.76. The minimum Gasteiger partial charge on any atom is -0.361 e. The molecule has 31 heavy (non-hydrogen) atoms. The molecule has 0 spiro atoms. The van der Waals surface area contributed by atoms with Crippen LogP contribution in [0.3, 0.4) is 0 Å². The van der Waals surface area contributed by atoms with Crippen molar-refractivity contribution in [1.82, 2.24) is 25.0 Å². The first-order chi connectivity index (χ1) is 15.0. The normalized spacial score (nSPS) is 18.4. The van der Waals surface area contributed by atoms with E-state index in [1.807, 2.05) is 43.3 Å². The average Bonchev–Trinajstić information content (AvgIpc) is 3.52. The molecule has 7 nitrogen and oxygen atoms in total. The summed E-state index contributed by atoms with van der Waals surface area (Å²) in [5, 5.41) is 8.69. The number of aryl methyl sites for hydroxylation is 2. The van der Waals surface area contributed by atoms with E-state index in [0.29, 0.717) is 31.6 Å². The third-order valence-corrected chi connectivity index (χ3v) is 6.87. The van der Waals surface area contributed by atoms with Gasteiger partial charge < -0.3 is 14.8 Å². The predicted molar refractivity (Wildman–Crippen MR) is 119 cm³/mol. The lowest BCUT2D eigenvalue weighted by Crippen LogP contribution is -2.36. The zero-order valence-electron chi connectivity index (χ0n) is 18.2. The number of aromatic amines is 2. The van der Waals surface area contributed by atoms with Gasteiger partial charge in [0.05, 0.1) is 18.2 Å². The highest BCUT2D eigenvalue weighted by Gasteiger charge is 2.33. The molecule has 2 N–H and O–H groups in total. The SMILES string of the molecule is Cc1c[nH]c2ccc(C(=O)N3CCC(C(=O)N(C)Cc4n[nH]c5c4CCCC5)C3)cc12. The van der Waals surface area contributed by atoms with Crippen LogP contribution in [0.1, 0.15) is 52.1 Å². The highest BCUT2D eigenvalue weighted by atomic mass is 16.2. The summed E-state index contributed by atoms with van der Waals surface area (Å²) in [4.78, 5) is 32.9. The Balaban J connectivity index is 1.24. The maximum atomic E-state index is 13.1. The third kappa shape index (κ3) is 3.62. The fourth-order valence-corrected chi connectivity index (χ4v) is 5.02. The van der Waals surface area contributed by atoms with E-state index < -0.39 is 0 Å². The van der Waals surface area contributed by atoms with E-state index in [2.05, 4.69) is 15.2 Å². The summed E-state index contributed by atoms with van der Waals surface area (Å²) in [6.07, 6.45) is 7.14. The maximum absolute atomic E-state index is 13.1. The summed E-state index contributed by atoms with van der Waals surface area (Å²) in [5.41, 5.74) is 6.36.